The summed E-state index contributed by atoms with van der Waals surface area (Å²) < 4.78 is 1.59. The molecule has 6 N–H and O–H groups in total. The first-order chi connectivity index (χ1) is 18.5. The number of benzene rings is 2. The van der Waals surface area contributed by atoms with Gasteiger partial charge in [0.05, 0.1) is 5.69 Å². The molecule has 198 valence electrons. The van der Waals surface area contributed by atoms with Gasteiger partial charge in [0.15, 0.2) is 5.96 Å². The minimum atomic E-state index is -0.319. The third-order valence-electron chi connectivity index (χ3n) is 6.92. The van der Waals surface area contributed by atoms with Gasteiger partial charge in [-0.1, -0.05) is 24.3 Å². The van der Waals surface area contributed by atoms with Gasteiger partial charge in [-0.15, -0.1) is 0 Å². The maximum Gasteiger partial charge on any atom is 0.354 e. The number of nitrogens with one attached hydrogen (secondary N) is 4. The summed E-state index contributed by atoms with van der Waals surface area (Å²) in [6.45, 7) is 6.36. The molecule has 0 spiro atoms. The molecule has 4 aromatic rings. The van der Waals surface area contributed by atoms with Crippen LogP contribution in [-0.4, -0.2) is 71.7 Å². The second-order valence-corrected chi connectivity index (χ2v) is 9.76. The fourth-order valence-corrected chi connectivity index (χ4v) is 4.71. The summed E-state index contributed by atoms with van der Waals surface area (Å²) in [4.78, 5) is 25.3. The molecule has 0 saturated carbocycles. The van der Waals surface area contributed by atoms with Gasteiger partial charge in [0, 0.05) is 67.8 Å². The molecule has 10 heteroatoms. The van der Waals surface area contributed by atoms with Crippen LogP contribution in [-0.2, 0) is 6.54 Å². The van der Waals surface area contributed by atoms with Crippen LogP contribution in [0, 0.1) is 5.41 Å². The Kier molecular flexibility index (Phi) is 7.71. The summed E-state index contributed by atoms with van der Waals surface area (Å²) in [7, 11) is 2.16. The molecule has 10 nitrogen and oxygen atoms in total. The molecule has 5 rings (SSSR count). The van der Waals surface area contributed by atoms with Crippen LogP contribution in [0.25, 0.3) is 28.0 Å². The average molecular weight is 514 g/mol. The van der Waals surface area contributed by atoms with Gasteiger partial charge in [-0.25, -0.2) is 4.79 Å². The summed E-state index contributed by atoms with van der Waals surface area (Å²) in [5.74, 6) is -0.00482. The predicted molar refractivity (Wildman–Crippen MR) is 153 cm³/mol. The predicted octanol–water partition coefficient (Wildman–Crippen LogP) is 2.10. The Morgan fingerprint density at radius 2 is 1.84 bits per heavy atom. The van der Waals surface area contributed by atoms with Crippen LogP contribution in [0.1, 0.15) is 12.0 Å². The Morgan fingerprint density at radius 1 is 1.05 bits per heavy atom. The largest absolute Gasteiger partial charge is 0.370 e. The van der Waals surface area contributed by atoms with E-state index in [9.17, 15) is 4.79 Å². The van der Waals surface area contributed by atoms with Gasteiger partial charge < -0.3 is 31.2 Å². The molecule has 0 unspecified atom stereocenters. The number of likely N-dealkylation sites (N-methyl/N-ethyl adjacent to an activating group) is 1. The summed E-state index contributed by atoms with van der Waals surface area (Å²) in [5.41, 5.74) is 10.7. The number of nitrogens with zero attached hydrogens (tertiary/aromatic N) is 4. The molecule has 38 heavy (non-hydrogen) atoms. The lowest BCUT2D eigenvalue weighted by Gasteiger charge is -2.34. The van der Waals surface area contributed by atoms with E-state index >= 15 is 0 Å². The lowest BCUT2D eigenvalue weighted by Crippen LogP contribution is -2.44. The summed E-state index contributed by atoms with van der Waals surface area (Å²) in [6, 6.07) is 18.5. The molecule has 1 fully saturated rings. The van der Waals surface area contributed by atoms with Crippen LogP contribution in [0.3, 0.4) is 0 Å². The number of rotatable bonds is 9. The van der Waals surface area contributed by atoms with E-state index < -0.39 is 0 Å². The highest BCUT2D eigenvalue weighted by Crippen LogP contribution is 2.27. The minimum Gasteiger partial charge on any atom is -0.370 e. The van der Waals surface area contributed by atoms with Crippen molar-refractivity contribution in [2.24, 2.45) is 5.73 Å². The van der Waals surface area contributed by atoms with Gasteiger partial charge in [0.1, 0.15) is 5.65 Å². The maximum atomic E-state index is 12.9. The van der Waals surface area contributed by atoms with E-state index in [-0.39, 0.29) is 11.6 Å². The van der Waals surface area contributed by atoms with E-state index in [1.807, 2.05) is 30.5 Å². The summed E-state index contributed by atoms with van der Waals surface area (Å²) in [6.07, 6.45) is 2.72. The first-order valence-electron chi connectivity index (χ1n) is 13.0. The van der Waals surface area contributed by atoms with E-state index in [2.05, 4.69) is 67.8 Å². The highest BCUT2D eigenvalue weighted by Gasteiger charge is 2.15. The number of guanidine groups is 1. The second kappa shape index (κ2) is 11.5. The molecule has 2 aromatic carbocycles. The van der Waals surface area contributed by atoms with Gasteiger partial charge in [-0.3, -0.25) is 9.98 Å². The molecule has 1 aliphatic rings. The SMILES string of the molecule is CN1CCN(c2cccc(-c3cc4cn(-c5ccc(CNCCCNC(=N)N)cc5)c(=O)nc4[nH]3)c2)CC1. The van der Waals surface area contributed by atoms with Gasteiger partial charge >= 0.3 is 5.69 Å². The molecule has 0 amide bonds. The zero-order chi connectivity index (χ0) is 26.5. The fourth-order valence-electron chi connectivity index (χ4n) is 4.71. The molecule has 0 atom stereocenters. The molecule has 0 aliphatic carbocycles. The van der Waals surface area contributed by atoms with Crippen LogP contribution >= 0.6 is 0 Å². The normalized spacial score (nSPS) is 14.2. The standard InChI is InChI=1S/C28H35N9O/c1-35-12-14-36(15-13-35)24-5-2-4-21(16-24)25-17-22-19-37(28(38)34-26(22)33-25)23-8-6-20(7-9-23)18-31-10-3-11-32-27(29)30/h2,4-9,16-17,19,31H,3,10-15,18H2,1H3,(H4,29,30,32)(H,33,34,38). The Labute approximate surface area is 222 Å². The van der Waals surface area contributed by atoms with Crippen LogP contribution < -0.4 is 27.0 Å². The zero-order valence-electron chi connectivity index (χ0n) is 21.7. The highest BCUT2D eigenvalue weighted by molar-refractivity contribution is 5.83. The van der Waals surface area contributed by atoms with Crippen LogP contribution in [0.4, 0.5) is 5.69 Å². The highest BCUT2D eigenvalue weighted by atomic mass is 16.1. The van der Waals surface area contributed by atoms with Crippen molar-refractivity contribution in [2.45, 2.75) is 13.0 Å². The van der Waals surface area contributed by atoms with Crippen LogP contribution in [0.5, 0.6) is 0 Å². The maximum absolute atomic E-state index is 12.9. The molecular formula is C28H35N9O. The number of aromatic amines is 1. The third-order valence-corrected chi connectivity index (χ3v) is 6.92. The number of nitrogens with two attached hydrogens (primary N) is 1. The third kappa shape index (κ3) is 6.04. The number of hydrogen-bond donors (Lipinski definition) is 5. The van der Waals surface area contributed by atoms with Gasteiger partial charge in [0.25, 0.3) is 0 Å². The van der Waals surface area contributed by atoms with Crippen LogP contribution in [0.15, 0.2) is 65.6 Å². The number of aromatic nitrogens is 3. The number of H-pyrrole nitrogens is 1. The Bertz CT molecular complexity index is 1450. The molecule has 0 radical (unpaired) electrons. The second-order valence-electron chi connectivity index (χ2n) is 9.76. The van der Waals surface area contributed by atoms with Crippen molar-refractivity contribution in [1.82, 2.24) is 30.1 Å². The van der Waals surface area contributed by atoms with E-state index in [0.717, 1.165) is 73.6 Å². The Balaban J connectivity index is 1.28. The van der Waals surface area contributed by atoms with E-state index in [1.54, 1.807) is 4.57 Å². The van der Waals surface area contributed by atoms with Crippen molar-refractivity contribution in [3.05, 3.63) is 76.8 Å². The molecular weight excluding hydrogens is 478 g/mol. The van der Waals surface area contributed by atoms with Crippen molar-refractivity contribution in [1.29, 1.82) is 5.41 Å². The molecule has 1 saturated heterocycles. The van der Waals surface area contributed by atoms with E-state index in [4.69, 9.17) is 11.1 Å². The van der Waals surface area contributed by atoms with Crippen molar-refractivity contribution in [2.75, 3.05) is 51.2 Å². The average Bonchev–Trinajstić information content (AvgIpc) is 3.34. The van der Waals surface area contributed by atoms with Crippen molar-refractivity contribution in [3.63, 3.8) is 0 Å². The zero-order valence-corrected chi connectivity index (χ0v) is 21.7. The Morgan fingerprint density at radius 3 is 2.61 bits per heavy atom. The number of piperazine rings is 1. The fraction of sp³-hybridized carbons (Fsp3) is 0.321. The first-order valence-corrected chi connectivity index (χ1v) is 13.0. The van der Waals surface area contributed by atoms with Crippen molar-refractivity contribution in [3.8, 4) is 16.9 Å². The van der Waals surface area contributed by atoms with Gasteiger partial charge in [0.2, 0.25) is 0 Å². The minimum absolute atomic E-state index is 0.00482. The summed E-state index contributed by atoms with van der Waals surface area (Å²) in [5, 5.41) is 14.2. The Hall–Kier alpha value is -4.15. The van der Waals surface area contributed by atoms with Crippen molar-refractivity contribution < 1.29 is 0 Å². The monoisotopic (exact) mass is 513 g/mol. The molecule has 1 aliphatic heterocycles. The lowest BCUT2D eigenvalue weighted by atomic mass is 10.1. The topological polar surface area (TPSA) is 131 Å². The molecule has 2 aromatic heterocycles. The van der Waals surface area contributed by atoms with E-state index in [1.165, 1.54) is 5.69 Å². The quantitative estimate of drug-likeness (QED) is 0.132. The summed E-state index contributed by atoms with van der Waals surface area (Å²) >= 11 is 0. The molecule has 3 heterocycles. The van der Waals surface area contributed by atoms with Crippen molar-refractivity contribution >= 4 is 22.7 Å². The van der Waals surface area contributed by atoms with E-state index in [0.29, 0.717) is 12.2 Å². The lowest BCUT2D eigenvalue weighted by molar-refractivity contribution is 0.313. The van der Waals surface area contributed by atoms with Crippen LogP contribution in [0.2, 0.25) is 0 Å². The number of hydrogen-bond acceptors (Lipinski definition) is 6. The smallest absolute Gasteiger partial charge is 0.354 e. The van der Waals surface area contributed by atoms with Gasteiger partial charge in [-0.05, 0) is 55.9 Å². The molecule has 0 bridgehead atoms. The first kappa shape index (κ1) is 25.5. The number of anilines is 1. The number of fused-ring (bicyclic) bond motifs is 1. The van der Waals surface area contributed by atoms with Gasteiger partial charge in [-0.2, -0.15) is 4.98 Å².